The minimum atomic E-state index is -0.0720. The standard InChI is InChI=1S/C22H30N2O/c1-2-10-22-13-16-12-17(25)8-7-15(16)14-24(22)11-9-19-18-5-3-4-6-20(18)23-21(19)22/h3-6,15-17,23,25H,2,7-14H2,1H3/t15-,16-,17+,22?/m0/s1. The molecule has 3 nitrogen and oxygen atoms in total. The second-order valence-electron chi connectivity index (χ2n) is 8.69. The van der Waals surface area contributed by atoms with E-state index < -0.39 is 0 Å². The van der Waals surface area contributed by atoms with Crippen LogP contribution >= 0.6 is 0 Å². The number of aromatic nitrogens is 1. The van der Waals surface area contributed by atoms with E-state index in [4.69, 9.17) is 0 Å². The molecule has 0 bridgehead atoms. The number of aliphatic hydroxyl groups is 1. The number of aromatic amines is 1. The van der Waals surface area contributed by atoms with Gasteiger partial charge in [-0.1, -0.05) is 31.5 Å². The topological polar surface area (TPSA) is 39.3 Å². The summed E-state index contributed by atoms with van der Waals surface area (Å²) in [6.07, 6.45) is 8.00. The number of H-pyrrole nitrogens is 1. The lowest BCUT2D eigenvalue weighted by atomic mass is 9.64. The number of rotatable bonds is 2. The van der Waals surface area contributed by atoms with E-state index in [1.165, 1.54) is 61.8 Å². The van der Waals surface area contributed by atoms with Gasteiger partial charge in [-0.15, -0.1) is 0 Å². The van der Waals surface area contributed by atoms with E-state index in [0.717, 1.165) is 18.8 Å². The summed E-state index contributed by atoms with van der Waals surface area (Å²) >= 11 is 0. The highest BCUT2D eigenvalue weighted by molar-refractivity contribution is 5.85. The Morgan fingerprint density at radius 2 is 2.12 bits per heavy atom. The molecule has 4 atom stereocenters. The van der Waals surface area contributed by atoms with E-state index in [2.05, 4.69) is 41.1 Å². The number of hydrogen-bond donors (Lipinski definition) is 2. The summed E-state index contributed by atoms with van der Waals surface area (Å²) in [5, 5.41) is 11.7. The summed E-state index contributed by atoms with van der Waals surface area (Å²) < 4.78 is 0. The van der Waals surface area contributed by atoms with E-state index in [0.29, 0.717) is 5.92 Å². The first-order valence-electron chi connectivity index (χ1n) is 10.2. The van der Waals surface area contributed by atoms with Crippen LogP contribution in [0.2, 0.25) is 0 Å². The molecule has 2 N–H and O–H groups in total. The van der Waals surface area contributed by atoms with Crippen LogP contribution < -0.4 is 0 Å². The molecule has 1 aromatic heterocycles. The number of benzene rings is 1. The molecule has 2 aromatic rings. The lowest BCUT2D eigenvalue weighted by molar-refractivity contribution is -0.0672. The first-order chi connectivity index (χ1) is 12.2. The number of aliphatic hydroxyl groups excluding tert-OH is 1. The zero-order valence-electron chi connectivity index (χ0n) is 15.3. The molecule has 1 unspecified atom stereocenters. The van der Waals surface area contributed by atoms with E-state index in [1.807, 2.05) is 0 Å². The van der Waals surface area contributed by atoms with Crippen LogP contribution in [-0.4, -0.2) is 34.2 Å². The van der Waals surface area contributed by atoms with Crippen LogP contribution in [0.5, 0.6) is 0 Å². The number of fused-ring (bicyclic) bond motifs is 6. The van der Waals surface area contributed by atoms with Crippen molar-refractivity contribution >= 4 is 10.9 Å². The zero-order valence-corrected chi connectivity index (χ0v) is 15.3. The molecule has 3 heterocycles. The first-order valence-corrected chi connectivity index (χ1v) is 10.2. The third-order valence-electron chi connectivity index (χ3n) is 7.35. The molecule has 5 rings (SSSR count). The van der Waals surface area contributed by atoms with Gasteiger partial charge in [-0.25, -0.2) is 0 Å². The first kappa shape index (κ1) is 15.9. The molecule has 2 fully saturated rings. The van der Waals surface area contributed by atoms with Gasteiger partial charge >= 0.3 is 0 Å². The largest absolute Gasteiger partial charge is 0.393 e. The van der Waals surface area contributed by atoms with Crippen molar-refractivity contribution in [3.05, 3.63) is 35.5 Å². The Morgan fingerprint density at radius 3 is 3.00 bits per heavy atom. The van der Waals surface area contributed by atoms with Gasteiger partial charge in [0.1, 0.15) is 0 Å². The molecule has 3 heteroatoms. The normalized spacial score (nSPS) is 35.2. The molecule has 1 saturated carbocycles. The van der Waals surface area contributed by atoms with E-state index in [1.54, 1.807) is 5.56 Å². The third kappa shape index (κ3) is 2.32. The van der Waals surface area contributed by atoms with E-state index >= 15 is 0 Å². The number of para-hydroxylation sites is 1. The van der Waals surface area contributed by atoms with Crippen molar-refractivity contribution in [2.45, 2.75) is 63.5 Å². The molecular formula is C22H30N2O. The smallest absolute Gasteiger partial charge is 0.0617 e. The third-order valence-corrected chi connectivity index (χ3v) is 7.35. The summed E-state index contributed by atoms with van der Waals surface area (Å²) in [6.45, 7) is 4.75. The Hall–Kier alpha value is -1.32. The summed E-state index contributed by atoms with van der Waals surface area (Å²) in [5.41, 5.74) is 4.53. The molecule has 3 aliphatic rings. The fourth-order valence-corrected chi connectivity index (χ4v) is 6.28. The number of piperidine rings is 1. The van der Waals surface area contributed by atoms with Crippen LogP contribution in [0.3, 0.4) is 0 Å². The second kappa shape index (κ2) is 5.85. The highest BCUT2D eigenvalue weighted by Crippen LogP contribution is 2.52. The number of nitrogens with one attached hydrogen (secondary N) is 1. The van der Waals surface area contributed by atoms with Crippen LogP contribution in [0, 0.1) is 11.8 Å². The fraction of sp³-hybridized carbons (Fsp3) is 0.636. The highest BCUT2D eigenvalue weighted by Gasteiger charge is 2.51. The van der Waals surface area contributed by atoms with Gasteiger partial charge in [0.15, 0.2) is 0 Å². The molecule has 0 radical (unpaired) electrons. The lowest BCUT2D eigenvalue weighted by Gasteiger charge is -2.56. The monoisotopic (exact) mass is 338 g/mol. The Morgan fingerprint density at radius 1 is 1.24 bits per heavy atom. The molecule has 134 valence electrons. The predicted octanol–water partition coefficient (Wildman–Crippen LogP) is 4.20. The maximum atomic E-state index is 10.2. The lowest BCUT2D eigenvalue weighted by Crippen LogP contribution is -2.58. The SMILES string of the molecule is CCCC12C[C@@H]3C[C@H](O)CC[C@H]3CN1CCc1c2[nH]c2ccccc12. The summed E-state index contributed by atoms with van der Waals surface area (Å²) in [4.78, 5) is 6.66. The molecule has 0 spiro atoms. The number of nitrogens with zero attached hydrogens (tertiary/aromatic N) is 1. The minimum absolute atomic E-state index is 0.0720. The van der Waals surface area contributed by atoms with Crippen molar-refractivity contribution < 1.29 is 5.11 Å². The zero-order chi connectivity index (χ0) is 17.0. The summed E-state index contributed by atoms with van der Waals surface area (Å²) in [7, 11) is 0. The van der Waals surface area contributed by atoms with Crippen molar-refractivity contribution in [1.29, 1.82) is 0 Å². The Bertz CT molecular complexity index is 781. The van der Waals surface area contributed by atoms with E-state index in [-0.39, 0.29) is 11.6 Å². The Labute approximate surface area is 150 Å². The van der Waals surface area contributed by atoms with Gasteiger partial charge in [-0.3, -0.25) is 4.90 Å². The van der Waals surface area contributed by atoms with Crippen LogP contribution in [-0.2, 0) is 12.0 Å². The summed E-state index contributed by atoms with van der Waals surface area (Å²) in [6, 6.07) is 8.83. The maximum Gasteiger partial charge on any atom is 0.0617 e. The van der Waals surface area contributed by atoms with Crippen molar-refractivity contribution in [3.63, 3.8) is 0 Å². The average molecular weight is 338 g/mol. The van der Waals surface area contributed by atoms with E-state index in [9.17, 15) is 5.11 Å². The second-order valence-corrected chi connectivity index (χ2v) is 8.69. The quantitative estimate of drug-likeness (QED) is 0.861. The van der Waals surface area contributed by atoms with Crippen LogP contribution in [0.4, 0.5) is 0 Å². The fourth-order valence-electron chi connectivity index (χ4n) is 6.28. The molecule has 1 aromatic carbocycles. The minimum Gasteiger partial charge on any atom is -0.393 e. The maximum absolute atomic E-state index is 10.2. The molecule has 25 heavy (non-hydrogen) atoms. The van der Waals surface area contributed by atoms with Gasteiger partial charge < -0.3 is 10.1 Å². The number of hydrogen-bond acceptors (Lipinski definition) is 2. The summed E-state index contributed by atoms with van der Waals surface area (Å²) in [5.74, 6) is 1.48. The van der Waals surface area contributed by atoms with Gasteiger partial charge in [0.25, 0.3) is 0 Å². The van der Waals surface area contributed by atoms with Gasteiger partial charge in [0.05, 0.1) is 11.6 Å². The van der Waals surface area contributed by atoms with Crippen LogP contribution in [0.1, 0.15) is 56.7 Å². The van der Waals surface area contributed by atoms with Crippen molar-refractivity contribution in [3.8, 4) is 0 Å². The van der Waals surface area contributed by atoms with Crippen LogP contribution in [0.25, 0.3) is 10.9 Å². The Kier molecular flexibility index (Phi) is 3.72. The van der Waals surface area contributed by atoms with Gasteiger partial charge in [-0.05, 0) is 62.0 Å². The van der Waals surface area contributed by atoms with Crippen molar-refractivity contribution in [2.24, 2.45) is 11.8 Å². The molecule has 1 saturated heterocycles. The molecule has 1 aliphatic carbocycles. The highest BCUT2D eigenvalue weighted by atomic mass is 16.3. The van der Waals surface area contributed by atoms with Gasteiger partial charge in [0, 0.05) is 29.7 Å². The van der Waals surface area contributed by atoms with Gasteiger partial charge in [-0.2, -0.15) is 0 Å². The Balaban J connectivity index is 1.62. The average Bonchev–Trinajstić information content (AvgIpc) is 3.00. The predicted molar refractivity (Wildman–Crippen MR) is 102 cm³/mol. The molecule has 0 amide bonds. The molecular weight excluding hydrogens is 308 g/mol. The molecule has 2 aliphatic heterocycles. The van der Waals surface area contributed by atoms with Crippen LogP contribution in [0.15, 0.2) is 24.3 Å². The van der Waals surface area contributed by atoms with Gasteiger partial charge in [0.2, 0.25) is 0 Å². The van der Waals surface area contributed by atoms with Crippen molar-refractivity contribution in [2.75, 3.05) is 13.1 Å². The van der Waals surface area contributed by atoms with Crippen molar-refractivity contribution in [1.82, 2.24) is 9.88 Å².